The summed E-state index contributed by atoms with van der Waals surface area (Å²) in [6.45, 7) is 6.53. The summed E-state index contributed by atoms with van der Waals surface area (Å²) in [5.41, 5.74) is 6.24. The first-order valence-corrected chi connectivity index (χ1v) is 23.4. The molecule has 354 valence electrons. The van der Waals surface area contributed by atoms with Gasteiger partial charge in [-0.25, -0.2) is 4.98 Å². The maximum atomic E-state index is 9.15. The molecule has 13 rings (SSSR count). The van der Waals surface area contributed by atoms with E-state index in [1.165, 1.54) is 9.25 Å². The van der Waals surface area contributed by atoms with E-state index in [0.717, 1.165) is 54.9 Å². The number of rotatable bonds is 9. The first kappa shape index (κ1) is 35.5. The van der Waals surface area contributed by atoms with Crippen LogP contribution in [0.4, 0.5) is 0 Å². The number of nitrogens with zero attached hydrogens (tertiary/aromatic N) is 6. The van der Waals surface area contributed by atoms with Crippen molar-refractivity contribution in [2.45, 2.75) is 26.2 Å². The fourth-order valence-corrected chi connectivity index (χ4v) is 9.66. The summed E-state index contributed by atoms with van der Waals surface area (Å²) in [6.07, 6.45) is 5.17. The molecule has 73 heavy (non-hydrogen) atoms. The van der Waals surface area contributed by atoms with Crippen LogP contribution in [-0.2, 0) is 26.5 Å². The molecular formula is C65H46N6OPt-2. The van der Waals surface area contributed by atoms with Gasteiger partial charge in [0.25, 0.3) is 0 Å². The molecule has 13 aromatic rings. The first-order chi connectivity index (χ1) is 39.5. The van der Waals surface area contributed by atoms with E-state index in [2.05, 4.69) is 90.8 Å². The Labute approximate surface area is 452 Å². The molecule has 0 radical (unpaired) electrons. The zero-order chi connectivity index (χ0) is 57.0. The maximum Gasteiger partial charge on any atom is 0.231 e. The number of ether oxygens (including phenoxy) is 1. The van der Waals surface area contributed by atoms with E-state index in [1.54, 1.807) is 36.4 Å². The molecule has 0 unspecified atom stereocenters. The summed E-state index contributed by atoms with van der Waals surface area (Å²) in [6, 6.07) is 51.7. The summed E-state index contributed by atoms with van der Waals surface area (Å²) < 4.78 is 102. The van der Waals surface area contributed by atoms with Gasteiger partial charge in [-0.15, -0.1) is 24.3 Å². The molecule has 7 nitrogen and oxygen atoms in total. The van der Waals surface area contributed by atoms with Crippen molar-refractivity contribution >= 4 is 43.6 Å². The van der Waals surface area contributed by atoms with Gasteiger partial charge in [0, 0.05) is 66.3 Å². The SMILES string of the molecule is [2H]c1c([2H])c([2H])c(-c2cccc(-c3c([2H])c([2H])c([2H])c([2H])c3[2H])c2-[n+]2[c-]n(-c3[c-]c(Oc4[c-]c5c(c(-n6c7ccccc7c7ccccc76)c4)c4ccccc4n5-c4cc(C(C)(C)C)ccn4)ccc3)nc2-c2ccccc2)c([2H])c1[2H].[Pt]. The maximum absolute atomic E-state index is 9.15. The molecule has 8 heteroatoms. The van der Waals surface area contributed by atoms with E-state index in [4.69, 9.17) is 28.5 Å². The molecular weight excluding hydrogens is 1080 g/mol. The van der Waals surface area contributed by atoms with E-state index < -0.39 is 60.4 Å². The largest absolute Gasteiger partial charge is 0.510 e. The first-order valence-electron chi connectivity index (χ1n) is 28.4. The summed E-state index contributed by atoms with van der Waals surface area (Å²) in [7, 11) is 0. The quantitative estimate of drug-likeness (QED) is 0.107. The Kier molecular flexibility index (Phi) is 8.99. The fraction of sp³-hybridized carbons (Fsp3) is 0.0615. The van der Waals surface area contributed by atoms with E-state index in [9.17, 15) is 0 Å². The molecule has 0 amide bonds. The van der Waals surface area contributed by atoms with Gasteiger partial charge in [-0.05, 0) is 85.4 Å². The van der Waals surface area contributed by atoms with Crippen LogP contribution in [0.25, 0.3) is 100 Å². The van der Waals surface area contributed by atoms with Gasteiger partial charge >= 0.3 is 0 Å². The van der Waals surface area contributed by atoms with Gasteiger partial charge in [-0.3, -0.25) is 0 Å². The number of hydrogen-bond acceptors (Lipinski definition) is 3. The number of hydrogen-bond donors (Lipinski definition) is 0. The van der Waals surface area contributed by atoms with E-state index in [-0.39, 0.29) is 66.0 Å². The summed E-state index contributed by atoms with van der Waals surface area (Å²) in [5.74, 6) is 1.61. The Morgan fingerprint density at radius 2 is 1.15 bits per heavy atom. The molecule has 0 saturated carbocycles. The van der Waals surface area contributed by atoms with Gasteiger partial charge < -0.3 is 18.4 Å². The summed E-state index contributed by atoms with van der Waals surface area (Å²) in [4.78, 5) is 4.97. The molecule has 4 aromatic heterocycles. The third-order valence-electron chi connectivity index (χ3n) is 12.9. The molecule has 0 aliphatic rings. The molecule has 0 aliphatic carbocycles. The zero-order valence-electron chi connectivity index (χ0n) is 49.5. The third kappa shape index (κ3) is 8.03. The Hall–Kier alpha value is -8.64. The van der Waals surface area contributed by atoms with Gasteiger partial charge in [0.2, 0.25) is 12.2 Å². The van der Waals surface area contributed by atoms with Crippen LogP contribution in [0.15, 0.2) is 224 Å². The molecule has 0 N–H and O–H groups in total. The number of para-hydroxylation sites is 4. The second kappa shape index (κ2) is 18.5. The van der Waals surface area contributed by atoms with Crippen molar-refractivity contribution in [3.8, 4) is 68.0 Å². The average molecular weight is 1130 g/mol. The Balaban J connectivity index is 0.00000680. The number of aromatic nitrogens is 6. The molecule has 9 aromatic carbocycles. The molecule has 0 atom stereocenters. The van der Waals surface area contributed by atoms with Crippen molar-refractivity contribution in [1.29, 1.82) is 0 Å². The molecule has 4 heterocycles. The van der Waals surface area contributed by atoms with Crippen LogP contribution in [0.1, 0.15) is 40.0 Å². The van der Waals surface area contributed by atoms with Gasteiger partial charge in [0.15, 0.2) is 0 Å². The van der Waals surface area contributed by atoms with Crippen molar-refractivity contribution in [2.75, 3.05) is 0 Å². The average Bonchev–Trinajstić information content (AvgIpc) is 4.39. The second-order valence-corrected chi connectivity index (χ2v) is 18.4. The van der Waals surface area contributed by atoms with Crippen LogP contribution in [0.3, 0.4) is 0 Å². The second-order valence-electron chi connectivity index (χ2n) is 18.4. The minimum atomic E-state index is -0.595. The van der Waals surface area contributed by atoms with Crippen LogP contribution >= 0.6 is 0 Å². The molecule has 0 bridgehead atoms. The predicted octanol–water partition coefficient (Wildman–Crippen LogP) is 15.2. The van der Waals surface area contributed by atoms with Crippen LogP contribution in [0.5, 0.6) is 11.5 Å². The fourth-order valence-electron chi connectivity index (χ4n) is 9.66. The Bertz CT molecular complexity index is 4600. The standard InChI is InChI=1S/C65H46N6O.Pt/c1-65(2,3)47-37-38-66-61(39-47)71-58-36-18-15-31-55(58)62-59(70-56-34-16-13-29-53(56)54-30-14-17-35-57(54)70)41-50(42-60(62)71)72-49-28-19-27-48(40-49)69-43-68(64(67-69)46-25-11-6-12-26-46)63-51(44-21-7-4-8-22-44)32-20-33-52(63)45-23-9-5-10-24-45;/h4-39,41H,1-3H3;/q-2;/i4D,5D,7D,8D,9D,10D,21D,22D,23D,24D;. The summed E-state index contributed by atoms with van der Waals surface area (Å²) >= 11 is 0. The van der Waals surface area contributed by atoms with Crippen molar-refractivity contribution in [1.82, 2.24) is 23.9 Å². The minimum absolute atomic E-state index is 0. The van der Waals surface area contributed by atoms with Gasteiger partial charge in [0.1, 0.15) is 5.82 Å². The van der Waals surface area contributed by atoms with Crippen molar-refractivity contribution in [3.63, 3.8) is 0 Å². The topological polar surface area (TPSA) is 53.7 Å². The number of pyridine rings is 1. The van der Waals surface area contributed by atoms with Gasteiger partial charge in [-0.2, -0.15) is 16.8 Å². The molecule has 0 spiro atoms. The zero-order valence-corrected chi connectivity index (χ0v) is 41.8. The van der Waals surface area contributed by atoms with Crippen LogP contribution in [0.2, 0.25) is 0 Å². The third-order valence-corrected chi connectivity index (χ3v) is 12.9. The molecule has 0 saturated heterocycles. The van der Waals surface area contributed by atoms with Crippen molar-refractivity contribution in [2.24, 2.45) is 0 Å². The molecule has 0 fully saturated rings. The Morgan fingerprint density at radius 3 is 1.79 bits per heavy atom. The molecule has 0 aliphatic heterocycles. The van der Waals surface area contributed by atoms with Crippen molar-refractivity contribution < 1.29 is 44.1 Å². The van der Waals surface area contributed by atoms with Crippen LogP contribution in [-0.4, -0.2) is 23.9 Å². The van der Waals surface area contributed by atoms with E-state index in [0.29, 0.717) is 22.8 Å². The van der Waals surface area contributed by atoms with Crippen molar-refractivity contribution in [3.05, 3.63) is 248 Å². The van der Waals surface area contributed by atoms with Gasteiger partial charge in [-0.1, -0.05) is 195 Å². The smallest absolute Gasteiger partial charge is 0.231 e. The van der Waals surface area contributed by atoms with Crippen LogP contribution in [0, 0.1) is 18.5 Å². The van der Waals surface area contributed by atoms with Crippen LogP contribution < -0.4 is 9.30 Å². The predicted molar refractivity (Wildman–Crippen MR) is 290 cm³/mol. The number of fused-ring (bicyclic) bond motifs is 6. The summed E-state index contributed by atoms with van der Waals surface area (Å²) in [5, 5.41) is 9.20. The Morgan fingerprint density at radius 1 is 0.562 bits per heavy atom. The minimum Gasteiger partial charge on any atom is -0.510 e. The monoisotopic (exact) mass is 1130 g/mol. The number of benzene rings is 9. The van der Waals surface area contributed by atoms with E-state index in [1.807, 2.05) is 85.1 Å². The normalized spacial score (nSPS) is 13.6. The van der Waals surface area contributed by atoms with Gasteiger partial charge in [0.05, 0.1) is 24.7 Å². The van der Waals surface area contributed by atoms with E-state index >= 15 is 0 Å².